The third-order valence-corrected chi connectivity index (χ3v) is 2.17. The fraction of sp³-hybridized carbons (Fsp3) is 0.364. The van der Waals surface area contributed by atoms with Crippen LogP contribution < -0.4 is 0 Å². The molecular formula is C11H13FO. The Morgan fingerprint density at radius 2 is 2.15 bits per heavy atom. The maximum atomic E-state index is 13.3. The molecule has 0 N–H and O–H groups in total. The second-order valence-corrected chi connectivity index (χ2v) is 3.10. The van der Waals surface area contributed by atoms with E-state index in [1.807, 2.05) is 19.9 Å². The fourth-order valence-corrected chi connectivity index (χ4v) is 1.39. The molecule has 70 valence electrons. The number of benzene rings is 1. The summed E-state index contributed by atoms with van der Waals surface area (Å²) in [5.74, 6) is -0.260. The van der Waals surface area contributed by atoms with E-state index in [-0.39, 0.29) is 12.2 Å². The van der Waals surface area contributed by atoms with E-state index in [0.29, 0.717) is 5.56 Å². The molecule has 0 aliphatic rings. The summed E-state index contributed by atoms with van der Waals surface area (Å²) in [6.45, 7) is 3.81. The minimum atomic E-state index is -0.260. The lowest BCUT2D eigenvalue weighted by molar-refractivity contribution is -0.107. The summed E-state index contributed by atoms with van der Waals surface area (Å²) >= 11 is 0. The van der Waals surface area contributed by atoms with Crippen molar-refractivity contribution in [3.63, 3.8) is 0 Å². The zero-order valence-electron chi connectivity index (χ0n) is 7.93. The molecule has 0 bridgehead atoms. The van der Waals surface area contributed by atoms with Gasteiger partial charge in [-0.15, -0.1) is 0 Å². The Morgan fingerprint density at radius 1 is 1.46 bits per heavy atom. The number of aryl methyl sites for hydroxylation is 2. The lowest BCUT2D eigenvalue weighted by atomic mass is 10.0. The van der Waals surface area contributed by atoms with Crippen molar-refractivity contribution >= 4 is 6.29 Å². The van der Waals surface area contributed by atoms with Gasteiger partial charge < -0.3 is 4.79 Å². The molecule has 0 heterocycles. The van der Waals surface area contributed by atoms with Gasteiger partial charge in [0.15, 0.2) is 0 Å². The number of hydrogen-bond donors (Lipinski definition) is 0. The first kappa shape index (κ1) is 9.90. The smallest absolute Gasteiger partial charge is 0.127 e. The lowest BCUT2D eigenvalue weighted by Gasteiger charge is -2.06. The Labute approximate surface area is 77.6 Å². The molecule has 0 aliphatic carbocycles. The summed E-state index contributed by atoms with van der Waals surface area (Å²) in [6, 6.07) is 3.44. The van der Waals surface area contributed by atoms with Crippen molar-refractivity contribution < 1.29 is 9.18 Å². The van der Waals surface area contributed by atoms with Crippen LogP contribution in [0, 0.1) is 12.7 Å². The van der Waals surface area contributed by atoms with E-state index in [2.05, 4.69) is 0 Å². The van der Waals surface area contributed by atoms with Gasteiger partial charge in [0.05, 0.1) is 0 Å². The standard InChI is InChI=1S/C11H13FO/c1-3-9-6-8(2)10(4-5-13)11(12)7-9/h5-7H,3-4H2,1-2H3. The number of carbonyl (C=O) groups excluding carboxylic acids is 1. The van der Waals surface area contributed by atoms with E-state index >= 15 is 0 Å². The van der Waals surface area contributed by atoms with Crippen molar-refractivity contribution in [1.29, 1.82) is 0 Å². The van der Waals surface area contributed by atoms with Crippen molar-refractivity contribution in [2.75, 3.05) is 0 Å². The van der Waals surface area contributed by atoms with E-state index in [1.165, 1.54) is 6.07 Å². The highest BCUT2D eigenvalue weighted by Crippen LogP contribution is 2.16. The molecule has 1 rings (SSSR count). The van der Waals surface area contributed by atoms with Crippen molar-refractivity contribution in [1.82, 2.24) is 0 Å². The molecule has 2 heteroatoms. The first-order chi connectivity index (χ1) is 6.19. The molecule has 0 saturated carbocycles. The van der Waals surface area contributed by atoms with Crippen LogP contribution in [0.5, 0.6) is 0 Å². The van der Waals surface area contributed by atoms with Crippen LogP contribution >= 0.6 is 0 Å². The van der Waals surface area contributed by atoms with Crippen LogP contribution in [-0.2, 0) is 17.6 Å². The first-order valence-corrected chi connectivity index (χ1v) is 4.40. The predicted octanol–water partition coefficient (Wildman–Crippen LogP) is 2.44. The molecule has 0 radical (unpaired) electrons. The Balaban J connectivity index is 3.14. The van der Waals surface area contributed by atoms with E-state index in [9.17, 15) is 9.18 Å². The molecule has 0 aliphatic heterocycles. The number of hydrogen-bond acceptors (Lipinski definition) is 1. The van der Waals surface area contributed by atoms with Crippen molar-refractivity contribution in [3.05, 3.63) is 34.6 Å². The van der Waals surface area contributed by atoms with Gasteiger partial charge in [0.25, 0.3) is 0 Å². The summed E-state index contributed by atoms with van der Waals surface area (Å²) < 4.78 is 13.3. The lowest BCUT2D eigenvalue weighted by Crippen LogP contribution is -1.97. The maximum absolute atomic E-state index is 13.3. The van der Waals surface area contributed by atoms with Gasteiger partial charge >= 0.3 is 0 Å². The van der Waals surface area contributed by atoms with Gasteiger partial charge in [-0.25, -0.2) is 4.39 Å². The summed E-state index contributed by atoms with van der Waals surface area (Å²) in [5.41, 5.74) is 2.36. The minimum absolute atomic E-state index is 0.168. The van der Waals surface area contributed by atoms with Crippen LogP contribution in [-0.4, -0.2) is 6.29 Å². The van der Waals surface area contributed by atoms with Crippen molar-refractivity contribution in [2.24, 2.45) is 0 Å². The summed E-state index contributed by atoms with van der Waals surface area (Å²) in [7, 11) is 0. The molecule has 0 spiro atoms. The highest BCUT2D eigenvalue weighted by atomic mass is 19.1. The zero-order chi connectivity index (χ0) is 9.84. The normalized spacial score (nSPS) is 10.1. The number of carbonyl (C=O) groups is 1. The molecule has 13 heavy (non-hydrogen) atoms. The van der Waals surface area contributed by atoms with Crippen molar-refractivity contribution in [3.8, 4) is 0 Å². The molecule has 0 saturated heterocycles. The molecule has 0 fully saturated rings. The Kier molecular flexibility index (Phi) is 3.18. The second kappa shape index (κ2) is 4.17. The van der Waals surface area contributed by atoms with Gasteiger partial charge in [-0.05, 0) is 36.1 Å². The number of rotatable bonds is 3. The van der Waals surface area contributed by atoms with Crippen LogP contribution in [0.4, 0.5) is 4.39 Å². The third-order valence-electron chi connectivity index (χ3n) is 2.17. The second-order valence-electron chi connectivity index (χ2n) is 3.10. The SMILES string of the molecule is CCc1cc(C)c(CC=O)c(F)c1. The zero-order valence-corrected chi connectivity index (χ0v) is 7.93. The largest absolute Gasteiger partial charge is 0.303 e. The average Bonchev–Trinajstić information content (AvgIpc) is 2.11. The molecule has 1 aromatic rings. The fourth-order valence-electron chi connectivity index (χ4n) is 1.39. The summed E-state index contributed by atoms with van der Waals surface area (Å²) in [6.07, 6.45) is 1.72. The molecule has 0 unspecified atom stereocenters. The quantitative estimate of drug-likeness (QED) is 0.653. The Hall–Kier alpha value is -1.18. The first-order valence-electron chi connectivity index (χ1n) is 4.40. The highest BCUT2D eigenvalue weighted by Gasteiger charge is 2.06. The van der Waals surface area contributed by atoms with Gasteiger partial charge in [0, 0.05) is 6.42 Å². The highest BCUT2D eigenvalue weighted by molar-refractivity contribution is 5.56. The summed E-state index contributed by atoms with van der Waals surface area (Å²) in [4.78, 5) is 10.3. The van der Waals surface area contributed by atoms with Crippen LogP contribution in [0.15, 0.2) is 12.1 Å². The van der Waals surface area contributed by atoms with Crippen LogP contribution in [0.25, 0.3) is 0 Å². The Morgan fingerprint density at radius 3 is 2.62 bits per heavy atom. The minimum Gasteiger partial charge on any atom is -0.303 e. The molecule has 0 aromatic heterocycles. The predicted molar refractivity (Wildman–Crippen MR) is 50.3 cm³/mol. The Bertz CT molecular complexity index is 295. The van der Waals surface area contributed by atoms with Gasteiger partial charge in [0.1, 0.15) is 12.1 Å². The van der Waals surface area contributed by atoms with Crippen LogP contribution in [0.1, 0.15) is 23.6 Å². The van der Waals surface area contributed by atoms with Gasteiger partial charge in [-0.3, -0.25) is 0 Å². The number of aldehydes is 1. The monoisotopic (exact) mass is 180 g/mol. The molecule has 0 amide bonds. The van der Waals surface area contributed by atoms with Gasteiger partial charge in [0.2, 0.25) is 0 Å². The average molecular weight is 180 g/mol. The molecule has 1 nitrogen and oxygen atoms in total. The van der Waals surface area contributed by atoms with Crippen LogP contribution in [0.3, 0.4) is 0 Å². The van der Waals surface area contributed by atoms with Crippen LogP contribution in [0.2, 0.25) is 0 Å². The summed E-state index contributed by atoms with van der Waals surface area (Å²) in [5, 5.41) is 0. The molecule has 1 aromatic carbocycles. The van der Waals surface area contributed by atoms with Gasteiger partial charge in [-0.2, -0.15) is 0 Å². The van der Waals surface area contributed by atoms with Crippen molar-refractivity contribution in [2.45, 2.75) is 26.7 Å². The third kappa shape index (κ3) is 2.14. The van der Waals surface area contributed by atoms with Gasteiger partial charge in [-0.1, -0.05) is 13.0 Å². The molecule has 0 atom stereocenters. The van der Waals surface area contributed by atoms with E-state index in [0.717, 1.165) is 23.8 Å². The maximum Gasteiger partial charge on any atom is 0.127 e. The number of halogens is 1. The van der Waals surface area contributed by atoms with E-state index in [4.69, 9.17) is 0 Å². The topological polar surface area (TPSA) is 17.1 Å². The van der Waals surface area contributed by atoms with E-state index in [1.54, 1.807) is 0 Å². The van der Waals surface area contributed by atoms with E-state index < -0.39 is 0 Å². The molecular weight excluding hydrogens is 167 g/mol.